The normalized spacial score (nSPS) is 14.5. The van der Waals surface area contributed by atoms with E-state index >= 15 is 0 Å². The Labute approximate surface area is 177 Å². The Kier molecular flexibility index (Phi) is 6.47. The highest BCUT2D eigenvalue weighted by Gasteiger charge is 2.27. The number of para-hydroxylation sites is 2. The molecule has 1 aromatic heterocycles. The molecule has 5 heteroatoms. The fourth-order valence-electron chi connectivity index (χ4n) is 4.35. The largest absolute Gasteiger partial charge is 0.456 e. The molecule has 1 saturated carbocycles. The first-order valence-electron chi connectivity index (χ1n) is 10.8. The number of benzene rings is 2. The van der Waals surface area contributed by atoms with Gasteiger partial charge in [-0.1, -0.05) is 55.7 Å². The van der Waals surface area contributed by atoms with Crippen LogP contribution in [0.1, 0.15) is 44.1 Å². The van der Waals surface area contributed by atoms with Crippen LogP contribution in [0.4, 0.5) is 5.69 Å². The molecule has 2 aromatic carbocycles. The number of ether oxygens (including phenoxy) is 1. The molecule has 5 nitrogen and oxygen atoms in total. The molecule has 0 unspecified atom stereocenters. The van der Waals surface area contributed by atoms with E-state index in [-0.39, 0.29) is 30.9 Å². The first-order valence-corrected chi connectivity index (χ1v) is 10.8. The van der Waals surface area contributed by atoms with Crippen molar-refractivity contribution in [1.82, 2.24) is 4.98 Å². The van der Waals surface area contributed by atoms with Crippen LogP contribution in [-0.2, 0) is 20.7 Å². The third kappa shape index (κ3) is 4.73. The smallest absolute Gasteiger partial charge is 0.306 e. The lowest BCUT2D eigenvalue weighted by Gasteiger charge is -2.34. The number of carbonyl (C=O) groups is 2. The maximum Gasteiger partial charge on any atom is 0.306 e. The molecule has 1 aliphatic carbocycles. The Balaban J connectivity index is 1.35. The standard InChI is InChI=1S/C25H28N2O3/c28-24(27(20-9-3-1-4-10-20)21-11-5-2-6-12-21)18-30-25(29)16-15-19-17-26-23-14-8-7-13-22(19)23/h1,3-4,7-10,13-14,17,21,26H,2,5-6,11-12,15-16,18H2. The Morgan fingerprint density at radius 3 is 2.50 bits per heavy atom. The van der Waals surface area contributed by atoms with E-state index in [1.807, 2.05) is 65.7 Å². The summed E-state index contributed by atoms with van der Waals surface area (Å²) in [6, 6.07) is 17.9. The lowest BCUT2D eigenvalue weighted by molar-refractivity contribution is -0.147. The lowest BCUT2D eigenvalue weighted by atomic mass is 9.93. The summed E-state index contributed by atoms with van der Waals surface area (Å²) in [6.45, 7) is -0.210. The summed E-state index contributed by atoms with van der Waals surface area (Å²) in [5.74, 6) is -0.487. The summed E-state index contributed by atoms with van der Waals surface area (Å²) in [5.41, 5.74) is 3.02. The van der Waals surface area contributed by atoms with E-state index in [1.54, 1.807) is 0 Å². The van der Waals surface area contributed by atoms with Gasteiger partial charge in [0.15, 0.2) is 6.61 Å². The quantitative estimate of drug-likeness (QED) is 0.563. The number of amides is 1. The molecule has 0 saturated heterocycles. The van der Waals surface area contributed by atoms with Gasteiger partial charge in [0, 0.05) is 35.2 Å². The number of fused-ring (bicyclic) bond motifs is 1. The van der Waals surface area contributed by atoms with Gasteiger partial charge in [-0.05, 0) is 43.0 Å². The third-order valence-corrected chi connectivity index (χ3v) is 5.87. The van der Waals surface area contributed by atoms with Crippen LogP contribution < -0.4 is 4.90 Å². The lowest BCUT2D eigenvalue weighted by Crippen LogP contribution is -2.43. The van der Waals surface area contributed by atoms with E-state index in [0.717, 1.165) is 47.8 Å². The van der Waals surface area contributed by atoms with Gasteiger partial charge in [-0.25, -0.2) is 0 Å². The Morgan fingerprint density at radius 1 is 0.967 bits per heavy atom. The van der Waals surface area contributed by atoms with Crippen LogP contribution in [0, 0.1) is 0 Å². The maximum absolute atomic E-state index is 13.0. The molecule has 4 rings (SSSR count). The van der Waals surface area contributed by atoms with Gasteiger partial charge in [0.1, 0.15) is 0 Å². The number of aromatic amines is 1. The first kappa shape index (κ1) is 20.2. The molecule has 1 amide bonds. The Morgan fingerprint density at radius 2 is 1.70 bits per heavy atom. The molecular formula is C25H28N2O3. The zero-order chi connectivity index (χ0) is 20.8. The van der Waals surface area contributed by atoms with Crippen molar-refractivity contribution in [3.8, 4) is 0 Å². The van der Waals surface area contributed by atoms with Crippen LogP contribution in [0.5, 0.6) is 0 Å². The number of hydrogen-bond acceptors (Lipinski definition) is 3. The second kappa shape index (κ2) is 9.61. The number of hydrogen-bond donors (Lipinski definition) is 1. The van der Waals surface area contributed by atoms with Crippen LogP contribution in [0.15, 0.2) is 60.8 Å². The van der Waals surface area contributed by atoms with E-state index < -0.39 is 0 Å². The predicted octanol–water partition coefficient (Wildman–Crippen LogP) is 5.01. The van der Waals surface area contributed by atoms with Crippen molar-refractivity contribution in [2.24, 2.45) is 0 Å². The number of aryl methyl sites for hydroxylation is 1. The number of carbonyl (C=O) groups excluding carboxylic acids is 2. The molecule has 1 heterocycles. The maximum atomic E-state index is 13.0. The van der Waals surface area contributed by atoms with E-state index in [1.165, 1.54) is 6.42 Å². The molecule has 0 atom stereocenters. The van der Waals surface area contributed by atoms with Crippen LogP contribution in [0.2, 0.25) is 0 Å². The minimum atomic E-state index is -0.342. The molecule has 1 aliphatic rings. The molecule has 0 spiro atoms. The number of nitrogens with one attached hydrogen (secondary N) is 1. The van der Waals surface area contributed by atoms with Gasteiger partial charge < -0.3 is 14.6 Å². The van der Waals surface area contributed by atoms with E-state index in [9.17, 15) is 9.59 Å². The van der Waals surface area contributed by atoms with Crippen molar-refractivity contribution in [2.75, 3.05) is 11.5 Å². The summed E-state index contributed by atoms with van der Waals surface area (Å²) < 4.78 is 5.37. The second-order valence-corrected chi connectivity index (χ2v) is 7.91. The molecule has 156 valence electrons. The Hall–Kier alpha value is -3.08. The van der Waals surface area contributed by atoms with Crippen molar-refractivity contribution in [1.29, 1.82) is 0 Å². The minimum absolute atomic E-state index is 0.145. The van der Waals surface area contributed by atoms with Crippen molar-refractivity contribution in [3.63, 3.8) is 0 Å². The Bertz CT molecular complexity index is 990. The van der Waals surface area contributed by atoms with Gasteiger partial charge >= 0.3 is 5.97 Å². The summed E-state index contributed by atoms with van der Waals surface area (Å²) in [5, 5.41) is 1.12. The van der Waals surface area contributed by atoms with Crippen LogP contribution in [0.25, 0.3) is 10.9 Å². The van der Waals surface area contributed by atoms with Gasteiger partial charge in [0.25, 0.3) is 5.91 Å². The summed E-state index contributed by atoms with van der Waals surface area (Å²) in [7, 11) is 0. The third-order valence-electron chi connectivity index (χ3n) is 5.87. The topological polar surface area (TPSA) is 62.4 Å². The number of rotatable bonds is 7. The average molecular weight is 405 g/mol. The average Bonchev–Trinajstić information content (AvgIpc) is 3.21. The van der Waals surface area contributed by atoms with Crippen molar-refractivity contribution in [3.05, 3.63) is 66.4 Å². The number of aromatic nitrogens is 1. The zero-order valence-electron chi connectivity index (χ0n) is 17.2. The number of anilines is 1. The van der Waals surface area contributed by atoms with Gasteiger partial charge in [-0.3, -0.25) is 9.59 Å². The number of esters is 1. The number of nitrogens with zero attached hydrogens (tertiary/aromatic N) is 1. The molecule has 0 bridgehead atoms. The van der Waals surface area contributed by atoms with E-state index in [0.29, 0.717) is 6.42 Å². The van der Waals surface area contributed by atoms with E-state index in [4.69, 9.17) is 4.74 Å². The SMILES string of the molecule is O=C(CCc1c[nH]c2ccccc12)OCC(=O)N(c1ccccc1)C1CCCCC1. The molecule has 1 N–H and O–H groups in total. The summed E-state index contributed by atoms with van der Waals surface area (Å²) in [6.07, 6.45) is 8.24. The highest BCUT2D eigenvalue weighted by Crippen LogP contribution is 2.27. The van der Waals surface area contributed by atoms with Gasteiger partial charge in [0.05, 0.1) is 0 Å². The van der Waals surface area contributed by atoms with Gasteiger partial charge in [-0.15, -0.1) is 0 Å². The minimum Gasteiger partial charge on any atom is -0.456 e. The number of H-pyrrole nitrogens is 1. The molecular weight excluding hydrogens is 376 g/mol. The van der Waals surface area contributed by atoms with Gasteiger partial charge in [-0.2, -0.15) is 0 Å². The second-order valence-electron chi connectivity index (χ2n) is 7.91. The fraction of sp³-hybridized carbons (Fsp3) is 0.360. The van der Waals surface area contributed by atoms with Crippen molar-refractivity contribution in [2.45, 2.75) is 51.0 Å². The monoisotopic (exact) mass is 404 g/mol. The highest BCUT2D eigenvalue weighted by atomic mass is 16.5. The van der Waals surface area contributed by atoms with Crippen LogP contribution in [-0.4, -0.2) is 29.5 Å². The first-order chi connectivity index (χ1) is 14.7. The zero-order valence-corrected chi connectivity index (χ0v) is 17.2. The molecule has 3 aromatic rings. The van der Waals surface area contributed by atoms with Crippen molar-refractivity contribution >= 4 is 28.5 Å². The molecule has 30 heavy (non-hydrogen) atoms. The fourth-order valence-corrected chi connectivity index (χ4v) is 4.35. The highest BCUT2D eigenvalue weighted by molar-refractivity contribution is 5.95. The molecule has 1 fully saturated rings. The predicted molar refractivity (Wildman–Crippen MR) is 118 cm³/mol. The summed E-state index contributed by atoms with van der Waals surface area (Å²) >= 11 is 0. The van der Waals surface area contributed by atoms with Crippen LogP contribution in [0.3, 0.4) is 0 Å². The molecule has 0 aliphatic heterocycles. The van der Waals surface area contributed by atoms with E-state index in [2.05, 4.69) is 4.98 Å². The summed E-state index contributed by atoms with van der Waals surface area (Å²) in [4.78, 5) is 30.4. The molecule has 0 radical (unpaired) electrons. The van der Waals surface area contributed by atoms with Gasteiger partial charge in [0.2, 0.25) is 0 Å². The van der Waals surface area contributed by atoms with Crippen molar-refractivity contribution < 1.29 is 14.3 Å². The van der Waals surface area contributed by atoms with Crippen LogP contribution >= 0.6 is 0 Å².